The molecule has 0 bridgehead atoms. The fraction of sp³-hybridized carbons (Fsp3) is 0.250. The summed E-state index contributed by atoms with van der Waals surface area (Å²) in [5.74, 6) is -1.53. The van der Waals surface area contributed by atoms with Crippen molar-refractivity contribution in [2.45, 2.75) is 12.5 Å². The fourth-order valence-corrected chi connectivity index (χ4v) is 2.19. The smallest absolute Gasteiger partial charge is 0.165 e. The molecule has 2 aromatic carbocycles. The van der Waals surface area contributed by atoms with E-state index >= 15 is 0 Å². The molecular weight excluding hydrogens is 279 g/mol. The highest BCUT2D eigenvalue weighted by Gasteiger charge is 2.15. The summed E-state index contributed by atoms with van der Waals surface area (Å²) in [6, 6.07) is 7.73. The standard InChI is InChI=1S/C16H16F3NO/c1-20-15(7-10-3-5-12(17)9-14(10)19)11-4-6-13(18)16(8-11)21-2/h3-6,8-9,15,20H,7H2,1-2H3. The summed E-state index contributed by atoms with van der Waals surface area (Å²) in [7, 11) is 3.11. The van der Waals surface area contributed by atoms with Gasteiger partial charge in [0.15, 0.2) is 11.6 Å². The van der Waals surface area contributed by atoms with Gasteiger partial charge in [-0.25, -0.2) is 13.2 Å². The molecule has 1 atom stereocenters. The number of halogens is 3. The molecule has 2 aromatic rings. The molecule has 0 saturated carbocycles. The molecule has 21 heavy (non-hydrogen) atoms. The molecule has 2 rings (SSSR count). The Bertz CT molecular complexity index is 631. The fourth-order valence-electron chi connectivity index (χ4n) is 2.19. The van der Waals surface area contributed by atoms with Crippen molar-refractivity contribution < 1.29 is 17.9 Å². The predicted octanol–water partition coefficient (Wildman–Crippen LogP) is 3.62. The van der Waals surface area contributed by atoms with Crippen LogP contribution in [-0.4, -0.2) is 14.2 Å². The van der Waals surface area contributed by atoms with Crippen LogP contribution in [0.2, 0.25) is 0 Å². The van der Waals surface area contributed by atoms with Crippen LogP contribution in [0.1, 0.15) is 17.2 Å². The Labute approximate surface area is 121 Å². The lowest BCUT2D eigenvalue weighted by molar-refractivity contribution is 0.385. The molecule has 0 fully saturated rings. The number of hydrogen-bond acceptors (Lipinski definition) is 2. The molecule has 1 unspecified atom stereocenters. The van der Waals surface area contributed by atoms with E-state index in [1.165, 1.54) is 25.3 Å². The minimum atomic E-state index is -0.610. The van der Waals surface area contributed by atoms with Crippen LogP contribution >= 0.6 is 0 Å². The SMILES string of the molecule is CNC(Cc1ccc(F)cc1F)c1ccc(F)c(OC)c1. The molecule has 0 aliphatic carbocycles. The molecule has 0 radical (unpaired) electrons. The molecule has 0 heterocycles. The summed E-state index contributed by atoms with van der Waals surface area (Å²) in [6.07, 6.45) is 0.317. The molecular formula is C16H16F3NO. The molecule has 0 aromatic heterocycles. The van der Waals surface area contributed by atoms with E-state index < -0.39 is 17.5 Å². The maximum absolute atomic E-state index is 13.7. The second kappa shape index (κ2) is 6.63. The lowest BCUT2D eigenvalue weighted by Gasteiger charge is -2.18. The van der Waals surface area contributed by atoms with Crippen LogP contribution in [-0.2, 0) is 6.42 Å². The largest absolute Gasteiger partial charge is 0.494 e. The molecule has 0 spiro atoms. The van der Waals surface area contributed by atoms with Gasteiger partial charge in [-0.3, -0.25) is 0 Å². The quantitative estimate of drug-likeness (QED) is 0.909. The molecule has 0 amide bonds. The maximum Gasteiger partial charge on any atom is 0.165 e. The van der Waals surface area contributed by atoms with Gasteiger partial charge in [0.2, 0.25) is 0 Å². The van der Waals surface area contributed by atoms with Gasteiger partial charge in [0.05, 0.1) is 7.11 Å². The number of methoxy groups -OCH3 is 1. The highest BCUT2D eigenvalue weighted by Crippen LogP contribution is 2.25. The second-order valence-corrected chi connectivity index (χ2v) is 4.68. The third-order valence-electron chi connectivity index (χ3n) is 3.37. The minimum Gasteiger partial charge on any atom is -0.494 e. The van der Waals surface area contributed by atoms with E-state index in [1.807, 2.05) is 0 Å². The maximum atomic E-state index is 13.7. The zero-order chi connectivity index (χ0) is 15.4. The van der Waals surface area contributed by atoms with Gasteiger partial charge in [0.25, 0.3) is 0 Å². The zero-order valence-electron chi connectivity index (χ0n) is 11.8. The van der Waals surface area contributed by atoms with E-state index in [0.29, 0.717) is 12.0 Å². The van der Waals surface area contributed by atoms with Gasteiger partial charge in [-0.1, -0.05) is 12.1 Å². The number of likely N-dealkylation sites (N-methyl/N-ethyl adjacent to an activating group) is 1. The number of ether oxygens (including phenoxy) is 1. The van der Waals surface area contributed by atoms with Crippen LogP contribution < -0.4 is 10.1 Å². The van der Waals surface area contributed by atoms with Crippen LogP contribution in [0.3, 0.4) is 0 Å². The van der Waals surface area contributed by atoms with Gasteiger partial charge in [-0.15, -0.1) is 0 Å². The summed E-state index contributed by atoms with van der Waals surface area (Å²) in [6.45, 7) is 0. The van der Waals surface area contributed by atoms with Gasteiger partial charge in [0.1, 0.15) is 11.6 Å². The summed E-state index contributed by atoms with van der Waals surface area (Å²) >= 11 is 0. The van der Waals surface area contributed by atoms with E-state index in [-0.39, 0.29) is 11.8 Å². The van der Waals surface area contributed by atoms with Gasteiger partial charge in [-0.05, 0) is 42.8 Å². The normalized spacial score (nSPS) is 12.2. The molecule has 1 N–H and O–H groups in total. The Morgan fingerprint density at radius 2 is 1.81 bits per heavy atom. The van der Waals surface area contributed by atoms with Gasteiger partial charge in [0, 0.05) is 12.1 Å². The van der Waals surface area contributed by atoms with Crippen LogP contribution in [0.15, 0.2) is 36.4 Å². The van der Waals surface area contributed by atoms with Crippen LogP contribution in [0.5, 0.6) is 5.75 Å². The summed E-state index contributed by atoms with van der Waals surface area (Å²) in [5.41, 5.74) is 1.15. The van der Waals surface area contributed by atoms with E-state index in [0.717, 1.165) is 11.6 Å². The number of benzene rings is 2. The first kappa shape index (κ1) is 15.4. The van der Waals surface area contributed by atoms with Gasteiger partial charge < -0.3 is 10.1 Å². The highest BCUT2D eigenvalue weighted by molar-refractivity contribution is 5.33. The highest BCUT2D eigenvalue weighted by atomic mass is 19.1. The zero-order valence-corrected chi connectivity index (χ0v) is 11.8. The first-order valence-electron chi connectivity index (χ1n) is 6.49. The summed E-state index contributed by atoms with van der Waals surface area (Å²) < 4.78 is 45.0. The Morgan fingerprint density at radius 1 is 1.05 bits per heavy atom. The first-order valence-corrected chi connectivity index (χ1v) is 6.49. The van der Waals surface area contributed by atoms with Crippen molar-refractivity contribution in [3.63, 3.8) is 0 Å². The molecule has 2 nitrogen and oxygen atoms in total. The third-order valence-corrected chi connectivity index (χ3v) is 3.37. The molecule has 112 valence electrons. The lowest BCUT2D eigenvalue weighted by Crippen LogP contribution is -2.19. The van der Waals surface area contributed by atoms with Crippen molar-refractivity contribution >= 4 is 0 Å². The Hall–Kier alpha value is -2.01. The van der Waals surface area contributed by atoms with Crippen molar-refractivity contribution in [3.8, 4) is 5.75 Å². The number of nitrogens with one attached hydrogen (secondary N) is 1. The van der Waals surface area contributed by atoms with Crippen molar-refractivity contribution in [1.29, 1.82) is 0 Å². The second-order valence-electron chi connectivity index (χ2n) is 4.68. The van der Waals surface area contributed by atoms with Crippen molar-refractivity contribution in [1.82, 2.24) is 5.32 Å². The van der Waals surface area contributed by atoms with Crippen LogP contribution in [0.25, 0.3) is 0 Å². The van der Waals surface area contributed by atoms with Crippen molar-refractivity contribution in [2.75, 3.05) is 14.2 Å². The third kappa shape index (κ3) is 3.55. The van der Waals surface area contributed by atoms with Crippen LogP contribution in [0, 0.1) is 17.5 Å². The number of hydrogen-bond donors (Lipinski definition) is 1. The van der Waals surface area contributed by atoms with E-state index in [9.17, 15) is 13.2 Å². The Kier molecular flexibility index (Phi) is 4.85. The van der Waals surface area contributed by atoms with E-state index in [2.05, 4.69) is 5.32 Å². The predicted molar refractivity (Wildman–Crippen MR) is 74.8 cm³/mol. The molecule has 0 aliphatic rings. The minimum absolute atomic E-state index is 0.132. The number of rotatable bonds is 5. The van der Waals surface area contributed by atoms with Gasteiger partial charge in [-0.2, -0.15) is 0 Å². The van der Waals surface area contributed by atoms with Crippen molar-refractivity contribution in [3.05, 3.63) is 65.0 Å². The average molecular weight is 295 g/mol. The monoisotopic (exact) mass is 295 g/mol. The molecule has 0 saturated heterocycles. The van der Waals surface area contributed by atoms with E-state index in [4.69, 9.17) is 4.74 Å². The van der Waals surface area contributed by atoms with Gasteiger partial charge >= 0.3 is 0 Å². The summed E-state index contributed by atoms with van der Waals surface area (Å²) in [4.78, 5) is 0. The van der Waals surface area contributed by atoms with Crippen molar-refractivity contribution in [2.24, 2.45) is 0 Å². The van der Waals surface area contributed by atoms with Crippen LogP contribution in [0.4, 0.5) is 13.2 Å². The Morgan fingerprint density at radius 3 is 2.43 bits per heavy atom. The lowest BCUT2D eigenvalue weighted by atomic mass is 9.98. The molecule has 0 aliphatic heterocycles. The Balaban J connectivity index is 2.27. The van der Waals surface area contributed by atoms with E-state index in [1.54, 1.807) is 19.2 Å². The molecule has 5 heteroatoms. The topological polar surface area (TPSA) is 21.3 Å². The first-order chi connectivity index (χ1) is 10.0. The average Bonchev–Trinajstić information content (AvgIpc) is 2.47. The summed E-state index contributed by atoms with van der Waals surface area (Å²) in [5, 5.41) is 3.04.